The number of nitrogens with zero attached hydrogens (tertiary/aromatic N) is 3. The smallest absolute Gasteiger partial charge is 0.137 e. The first-order chi connectivity index (χ1) is 9.22. The highest BCUT2D eigenvalue weighted by molar-refractivity contribution is 5.58. The van der Waals surface area contributed by atoms with Gasteiger partial charge in [-0.1, -0.05) is 0 Å². The van der Waals surface area contributed by atoms with Crippen LogP contribution >= 0.6 is 0 Å². The van der Waals surface area contributed by atoms with Gasteiger partial charge in [0.25, 0.3) is 0 Å². The second-order valence-corrected chi connectivity index (χ2v) is 6.52. The molecule has 2 N–H and O–H groups in total. The lowest BCUT2D eigenvalue weighted by molar-refractivity contribution is 0.700. The molecule has 0 aromatic carbocycles. The average molecular weight is 258 g/mol. The predicted octanol–water partition coefficient (Wildman–Crippen LogP) is 2.62. The van der Waals surface area contributed by atoms with Crippen LogP contribution in [0.25, 0.3) is 0 Å². The van der Waals surface area contributed by atoms with Gasteiger partial charge in [-0.3, -0.25) is 0 Å². The highest BCUT2D eigenvalue weighted by Crippen LogP contribution is 2.42. The SMILES string of the molecule is Cc1c(N)nc(C2CC2)nc1N(CC1CC1)C1CC1. The van der Waals surface area contributed by atoms with Crippen LogP contribution in [0.15, 0.2) is 0 Å². The molecule has 1 aromatic rings. The van der Waals surface area contributed by atoms with Gasteiger partial charge in [0, 0.05) is 24.1 Å². The molecule has 0 spiro atoms. The highest BCUT2D eigenvalue weighted by Gasteiger charge is 2.36. The van der Waals surface area contributed by atoms with E-state index in [4.69, 9.17) is 10.7 Å². The van der Waals surface area contributed by atoms with Gasteiger partial charge in [0.05, 0.1) is 0 Å². The van der Waals surface area contributed by atoms with E-state index in [0.29, 0.717) is 17.8 Å². The van der Waals surface area contributed by atoms with Crippen molar-refractivity contribution in [2.75, 3.05) is 17.2 Å². The first kappa shape index (κ1) is 11.5. The van der Waals surface area contributed by atoms with Gasteiger partial charge in [-0.25, -0.2) is 9.97 Å². The molecule has 3 saturated carbocycles. The molecule has 0 unspecified atom stereocenters. The highest BCUT2D eigenvalue weighted by atomic mass is 15.3. The Hall–Kier alpha value is -1.32. The zero-order valence-electron chi connectivity index (χ0n) is 11.6. The minimum absolute atomic E-state index is 0.573. The Balaban J connectivity index is 1.69. The maximum Gasteiger partial charge on any atom is 0.137 e. The summed E-state index contributed by atoms with van der Waals surface area (Å²) in [6.07, 6.45) is 7.86. The third-order valence-corrected chi connectivity index (χ3v) is 4.53. The second kappa shape index (κ2) is 4.09. The van der Waals surface area contributed by atoms with Gasteiger partial charge in [0.2, 0.25) is 0 Å². The van der Waals surface area contributed by atoms with Crippen LogP contribution in [0.2, 0.25) is 0 Å². The molecule has 3 aliphatic rings. The van der Waals surface area contributed by atoms with Crippen molar-refractivity contribution in [1.29, 1.82) is 0 Å². The van der Waals surface area contributed by atoms with Crippen LogP contribution in [0.1, 0.15) is 55.8 Å². The minimum Gasteiger partial charge on any atom is -0.383 e. The molecule has 0 saturated heterocycles. The summed E-state index contributed by atoms with van der Waals surface area (Å²) < 4.78 is 0. The number of rotatable bonds is 5. The van der Waals surface area contributed by atoms with Crippen LogP contribution in [0.3, 0.4) is 0 Å². The van der Waals surface area contributed by atoms with Gasteiger partial charge >= 0.3 is 0 Å². The van der Waals surface area contributed by atoms with Crippen LogP contribution in [-0.4, -0.2) is 22.6 Å². The van der Waals surface area contributed by atoms with Crippen LogP contribution in [0.4, 0.5) is 11.6 Å². The lowest BCUT2D eigenvalue weighted by Gasteiger charge is -2.26. The van der Waals surface area contributed by atoms with Gasteiger partial charge in [-0.15, -0.1) is 0 Å². The largest absolute Gasteiger partial charge is 0.383 e. The van der Waals surface area contributed by atoms with E-state index in [1.54, 1.807) is 0 Å². The predicted molar refractivity (Wildman–Crippen MR) is 76.2 cm³/mol. The Morgan fingerprint density at radius 3 is 2.42 bits per heavy atom. The molecule has 4 nitrogen and oxygen atoms in total. The van der Waals surface area contributed by atoms with E-state index in [0.717, 1.165) is 23.1 Å². The van der Waals surface area contributed by atoms with Gasteiger partial charge in [0.15, 0.2) is 0 Å². The van der Waals surface area contributed by atoms with Crippen molar-refractivity contribution >= 4 is 11.6 Å². The molecule has 0 bridgehead atoms. The average Bonchev–Trinajstić information content (AvgIpc) is 3.27. The molecule has 0 radical (unpaired) electrons. The number of nitrogen functional groups attached to an aromatic ring is 1. The number of aromatic nitrogens is 2. The van der Waals surface area contributed by atoms with E-state index >= 15 is 0 Å². The Morgan fingerprint density at radius 2 is 1.84 bits per heavy atom. The molecule has 19 heavy (non-hydrogen) atoms. The summed E-state index contributed by atoms with van der Waals surface area (Å²) in [6.45, 7) is 3.25. The fourth-order valence-electron chi connectivity index (χ4n) is 2.72. The van der Waals surface area contributed by atoms with Crippen molar-refractivity contribution in [3.63, 3.8) is 0 Å². The van der Waals surface area contributed by atoms with Gasteiger partial charge in [-0.2, -0.15) is 0 Å². The molecule has 4 rings (SSSR count). The van der Waals surface area contributed by atoms with Crippen molar-refractivity contribution in [2.45, 2.75) is 57.4 Å². The first-order valence-corrected chi connectivity index (χ1v) is 7.63. The zero-order valence-corrected chi connectivity index (χ0v) is 11.6. The number of nitrogens with two attached hydrogens (primary N) is 1. The normalized spacial score (nSPS) is 22.6. The molecule has 0 atom stereocenters. The summed E-state index contributed by atoms with van der Waals surface area (Å²) in [4.78, 5) is 11.9. The topological polar surface area (TPSA) is 55.0 Å². The number of hydrogen-bond acceptors (Lipinski definition) is 4. The van der Waals surface area contributed by atoms with Crippen molar-refractivity contribution in [3.8, 4) is 0 Å². The Bertz CT molecular complexity index is 501. The molecule has 0 amide bonds. The van der Waals surface area contributed by atoms with Gasteiger partial charge in [-0.05, 0) is 51.4 Å². The third-order valence-electron chi connectivity index (χ3n) is 4.53. The fraction of sp³-hybridized carbons (Fsp3) is 0.733. The van der Waals surface area contributed by atoms with E-state index in [-0.39, 0.29) is 0 Å². The first-order valence-electron chi connectivity index (χ1n) is 7.63. The summed E-state index contributed by atoms with van der Waals surface area (Å²) >= 11 is 0. The monoisotopic (exact) mass is 258 g/mol. The van der Waals surface area contributed by atoms with Gasteiger partial charge < -0.3 is 10.6 Å². The molecule has 0 aliphatic heterocycles. The van der Waals surface area contributed by atoms with E-state index in [9.17, 15) is 0 Å². The van der Waals surface area contributed by atoms with Crippen LogP contribution in [0, 0.1) is 12.8 Å². The molecular formula is C15H22N4. The Labute approximate surface area is 114 Å². The maximum absolute atomic E-state index is 6.11. The third kappa shape index (κ3) is 2.28. The summed E-state index contributed by atoms with van der Waals surface area (Å²) in [5.74, 6) is 4.26. The van der Waals surface area contributed by atoms with Crippen LogP contribution in [0.5, 0.6) is 0 Å². The molecule has 1 heterocycles. The van der Waals surface area contributed by atoms with Crippen molar-refractivity contribution in [3.05, 3.63) is 11.4 Å². The number of anilines is 2. The molecular weight excluding hydrogens is 236 g/mol. The number of hydrogen-bond donors (Lipinski definition) is 1. The van der Waals surface area contributed by atoms with Crippen molar-refractivity contribution < 1.29 is 0 Å². The van der Waals surface area contributed by atoms with Gasteiger partial charge in [0.1, 0.15) is 17.5 Å². The van der Waals surface area contributed by atoms with Crippen molar-refractivity contribution in [1.82, 2.24) is 9.97 Å². The summed E-state index contributed by atoms with van der Waals surface area (Å²) in [6, 6.07) is 0.709. The second-order valence-electron chi connectivity index (χ2n) is 6.52. The van der Waals surface area contributed by atoms with E-state index in [1.165, 1.54) is 45.1 Å². The quantitative estimate of drug-likeness (QED) is 0.882. The molecule has 3 aliphatic carbocycles. The van der Waals surface area contributed by atoms with Crippen molar-refractivity contribution in [2.24, 2.45) is 5.92 Å². The Kier molecular flexibility index (Phi) is 2.47. The van der Waals surface area contributed by atoms with E-state index < -0.39 is 0 Å². The Morgan fingerprint density at radius 1 is 1.11 bits per heavy atom. The lowest BCUT2D eigenvalue weighted by Crippen LogP contribution is -2.30. The molecule has 1 aromatic heterocycles. The van der Waals surface area contributed by atoms with Crippen LogP contribution < -0.4 is 10.6 Å². The standard InChI is InChI=1S/C15H22N4/c1-9-13(16)17-14(11-4-5-11)18-15(9)19(12-6-7-12)8-10-2-3-10/h10-12H,2-8H2,1H3,(H2,16,17,18). The molecule has 3 fully saturated rings. The fourth-order valence-corrected chi connectivity index (χ4v) is 2.72. The van der Waals surface area contributed by atoms with E-state index in [1.807, 2.05) is 0 Å². The summed E-state index contributed by atoms with van der Waals surface area (Å²) in [5.41, 5.74) is 7.19. The lowest BCUT2D eigenvalue weighted by atomic mass is 10.2. The van der Waals surface area contributed by atoms with Crippen LogP contribution in [-0.2, 0) is 0 Å². The summed E-state index contributed by atoms with van der Waals surface area (Å²) in [5, 5.41) is 0. The molecule has 4 heteroatoms. The zero-order chi connectivity index (χ0) is 13.0. The minimum atomic E-state index is 0.573. The maximum atomic E-state index is 6.11. The molecule has 102 valence electrons. The van der Waals surface area contributed by atoms with E-state index in [2.05, 4.69) is 16.8 Å². The summed E-state index contributed by atoms with van der Waals surface area (Å²) in [7, 11) is 0.